The minimum atomic E-state index is -4.24. The number of carbonyl (C=O) groups is 1. The Morgan fingerprint density at radius 3 is 2.73 bits per heavy atom. The molecule has 0 fully saturated rings. The highest BCUT2D eigenvalue weighted by Gasteiger charge is 2.28. The van der Waals surface area contributed by atoms with E-state index in [1.54, 1.807) is 0 Å². The molecule has 0 N–H and O–H groups in total. The number of amides is 1. The number of hydrogen-bond acceptors (Lipinski definition) is 3. The van der Waals surface area contributed by atoms with Crippen molar-refractivity contribution in [1.29, 1.82) is 0 Å². The highest BCUT2D eigenvalue weighted by atomic mass is 32.1. The van der Waals surface area contributed by atoms with E-state index in [4.69, 9.17) is 0 Å². The van der Waals surface area contributed by atoms with Crippen LogP contribution in [0.1, 0.15) is 16.9 Å². The SMILES string of the molecule is CN(CCC(F)(F)F)C(=O)c1cscn1. The molecule has 15 heavy (non-hydrogen) atoms. The maximum atomic E-state index is 11.9. The molecule has 0 aliphatic rings. The molecule has 0 aliphatic carbocycles. The number of aromatic nitrogens is 1. The first-order valence-electron chi connectivity index (χ1n) is 4.10. The Morgan fingerprint density at radius 2 is 2.27 bits per heavy atom. The predicted molar refractivity (Wildman–Crippen MR) is 49.7 cm³/mol. The molecule has 0 aliphatic heterocycles. The largest absolute Gasteiger partial charge is 0.390 e. The van der Waals surface area contributed by atoms with E-state index in [2.05, 4.69) is 4.98 Å². The fraction of sp³-hybridized carbons (Fsp3) is 0.500. The van der Waals surface area contributed by atoms with Crippen molar-refractivity contribution in [1.82, 2.24) is 9.88 Å². The molecule has 1 aromatic heterocycles. The quantitative estimate of drug-likeness (QED) is 0.808. The van der Waals surface area contributed by atoms with Gasteiger partial charge in [-0.15, -0.1) is 11.3 Å². The van der Waals surface area contributed by atoms with Gasteiger partial charge in [0, 0.05) is 19.0 Å². The van der Waals surface area contributed by atoms with Crippen molar-refractivity contribution < 1.29 is 18.0 Å². The van der Waals surface area contributed by atoms with Crippen LogP contribution in [-0.4, -0.2) is 35.6 Å². The second-order valence-corrected chi connectivity index (χ2v) is 3.68. The Kier molecular flexibility index (Phi) is 3.67. The van der Waals surface area contributed by atoms with E-state index in [1.165, 1.54) is 29.3 Å². The average Bonchev–Trinajstić information content (AvgIpc) is 2.64. The third kappa shape index (κ3) is 3.86. The molecule has 0 saturated heterocycles. The maximum absolute atomic E-state index is 11.9. The van der Waals surface area contributed by atoms with E-state index in [0.29, 0.717) is 0 Å². The summed E-state index contributed by atoms with van der Waals surface area (Å²) in [4.78, 5) is 16.2. The van der Waals surface area contributed by atoms with Crippen LogP contribution in [0.3, 0.4) is 0 Å². The predicted octanol–water partition coefficient (Wildman–Crippen LogP) is 2.17. The number of rotatable bonds is 3. The second-order valence-electron chi connectivity index (χ2n) is 2.97. The summed E-state index contributed by atoms with van der Waals surface area (Å²) in [6, 6.07) is 0. The van der Waals surface area contributed by atoms with Gasteiger partial charge >= 0.3 is 6.18 Å². The van der Waals surface area contributed by atoms with Gasteiger partial charge in [0.1, 0.15) is 5.69 Å². The smallest absolute Gasteiger partial charge is 0.340 e. The molecule has 0 saturated carbocycles. The Bertz CT molecular complexity index is 323. The molecular weight excluding hydrogens is 229 g/mol. The average molecular weight is 238 g/mol. The van der Waals surface area contributed by atoms with Gasteiger partial charge in [0.15, 0.2) is 0 Å². The number of halogens is 3. The van der Waals surface area contributed by atoms with Crippen molar-refractivity contribution in [2.24, 2.45) is 0 Å². The monoisotopic (exact) mass is 238 g/mol. The molecule has 0 radical (unpaired) electrons. The lowest BCUT2D eigenvalue weighted by atomic mass is 10.3. The molecule has 1 heterocycles. The van der Waals surface area contributed by atoms with Crippen LogP contribution in [0, 0.1) is 0 Å². The Labute approximate surface area is 88.5 Å². The number of alkyl halides is 3. The molecule has 1 aromatic rings. The van der Waals surface area contributed by atoms with E-state index in [-0.39, 0.29) is 12.2 Å². The Hall–Kier alpha value is -1.11. The molecule has 0 unspecified atom stereocenters. The van der Waals surface area contributed by atoms with Crippen molar-refractivity contribution in [2.45, 2.75) is 12.6 Å². The number of carbonyl (C=O) groups excluding carboxylic acids is 1. The maximum Gasteiger partial charge on any atom is 0.390 e. The topological polar surface area (TPSA) is 33.2 Å². The van der Waals surface area contributed by atoms with Crippen LogP contribution in [0.4, 0.5) is 13.2 Å². The summed E-state index contributed by atoms with van der Waals surface area (Å²) in [5, 5.41) is 1.51. The summed E-state index contributed by atoms with van der Waals surface area (Å²) in [5.41, 5.74) is 1.65. The van der Waals surface area contributed by atoms with Gasteiger partial charge < -0.3 is 4.90 Å². The lowest BCUT2D eigenvalue weighted by Crippen LogP contribution is -2.30. The summed E-state index contributed by atoms with van der Waals surface area (Å²) in [7, 11) is 1.33. The highest BCUT2D eigenvalue weighted by Crippen LogP contribution is 2.19. The van der Waals surface area contributed by atoms with Crippen molar-refractivity contribution in [2.75, 3.05) is 13.6 Å². The Balaban J connectivity index is 2.48. The van der Waals surface area contributed by atoms with E-state index in [0.717, 1.165) is 4.90 Å². The van der Waals surface area contributed by atoms with Crippen LogP contribution in [0.15, 0.2) is 10.9 Å². The van der Waals surface area contributed by atoms with E-state index in [1.807, 2.05) is 0 Å². The number of thiazole rings is 1. The van der Waals surface area contributed by atoms with Crippen molar-refractivity contribution in [3.05, 3.63) is 16.6 Å². The summed E-state index contributed by atoms with van der Waals surface area (Å²) in [6.07, 6.45) is -5.24. The van der Waals surface area contributed by atoms with Gasteiger partial charge in [0.25, 0.3) is 5.91 Å². The van der Waals surface area contributed by atoms with Crippen molar-refractivity contribution in [3.63, 3.8) is 0 Å². The molecule has 1 rings (SSSR count). The molecule has 0 aromatic carbocycles. The second kappa shape index (κ2) is 4.61. The minimum Gasteiger partial charge on any atom is -0.340 e. The van der Waals surface area contributed by atoms with Crippen molar-refractivity contribution >= 4 is 17.2 Å². The first-order valence-corrected chi connectivity index (χ1v) is 5.05. The van der Waals surface area contributed by atoms with E-state index < -0.39 is 18.5 Å². The van der Waals surface area contributed by atoms with Gasteiger partial charge in [-0.1, -0.05) is 0 Å². The van der Waals surface area contributed by atoms with Crippen LogP contribution in [0.25, 0.3) is 0 Å². The van der Waals surface area contributed by atoms with Gasteiger partial charge in [-0.2, -0.15) is 13.2 Å². The molecule has 3 nitrogen and oxygen atoms in total. The zero-order valence-corrected chi connectivity index (χ0v) is 8.73. The molecule has 84 valence electrons. The van der Waals surface area contributed by atoms with Gasteiger partial charge in [-0.25, -0.2) is 4.98 Å². The summed E-state index contributed by atoms with van der Waals surface area (Å²) in [5.74, 6) is -0.486. The van der Waals surface area contributed by atoms with Gasteiger partial charge in [0.05, 0.1) is 11.9 Å². The van der Waals surface area contributed by atoms with Crippen molar-refractivity contribution in [3.8, 4) is 0 Å². The fourth-order valence-electron chi connectivity index (χ4n) is 0.910. The zero-order chi connectivity index (χ0) is 11.5. The molecule has 0 spiro atoms. The first-order chi connectivity index (χ1) is 6.90. The first kappa shape index (κ1) is 12.0. The van der Waals surface area contributed by atoms with E-state index in [9.17, 15) is 18.0 Å². The third-order valence-corrected chi connectivity index (χ3v) is 2.32. The third-order valence-electron chi connectivity index (χ3n) is 1.73. The van der Waals surface area contributed by atoms with Crippen LogP contribution < -0.4 is 0 Å². The van der Waals surface area contributed by atoms with Crippen LogP contribution in [-0.2, 0) is 0 Å². The lowest BCUT2D eigenvalue weighted by molar-refractivity contribution is -0.136. The highest BCUT2D eigenvalue weighted by molar-refractivity contribution is 7.07. The molecule has 7 heteroatoms. The normalized spacial score (nSPS) is 11.5. The van der Waals surface area contributed by atoms with Crippen LogP contribution >= 0.6 is 11.3 Å². The fourth-order valence-corrected chi connectivity index (χ4v) is 1.44. The molecular formula is C8H9F3N2OS. The summed E-state index contributed by atoms with van der Waals surface area (Å²) in [6.45, 7) is -0.347. The standard InChI is InChI=1S/C8H9F3N2OS/c1-13(3-2-8(9,10)11)7(14)6-4-15-5-12-6/h4-5H,2-3H2,1H3. The lowest BCUT2D eigenvalue weighted by Gasteiger charge is -2.16. The summed E-state index contributed by atoms with van der Waals surface area (Å²) >= 11 is 1.23. The summed E-state index contributed by atoms with van der Waals surface area (Å²) < 4.78 is 35.6. The van der Waals surface area contributed by atoms with Gasteiger partial charge in [0.2, 0.25) is 0 Å². The van der Waals surface area contributed by atoms with Crippen LogP contribution in [0.5, 0.6) is 0 Å². The van der Waals surface area contributed by atoms with E-state index >= 15 is 0 Å². The minimum absolute atomic E-state index is 0.185. The Morgan fingerprint density at radius 1 is 1.60 bits per heavy atom. The number of nitrogens with zero attached hydrogens (tertiary/aromatic N) is 2. The van der Waals surface area contributed by atoms with Crippen LogP contribution in [0.2, 0.25) is 0 Å². The van der Waals surface area contributed by atoms with Gasteiger partial charge in [-0.3, -0.25) is 4.79 Å². The molecule has 0 bridgehead atoms. The molecule has 1 amide bonds. The zero-order valence-electron chi connectivity index (χ0n) is 7.91. The molecule has 0 atom stereocenters. The number of hydrogen-bond donors (Lipinski definition) is 0. The van der Waals surface area contributed by atoms with Gasteiger partial charge in [-0.05, 0) is 0 Å².